The van der Waals surface area contributed by atoms with E-state index in [1.54, 1.807) is 24.3 Å². The van der Waals surface area contributed by atoms with E-state index in [1.165, 1.54) is 0 Å². The van der Waals surface area contributed by atoms with Crippen LogP contribution in [0.4, 0.5) is 5.69 Å². The van der Waals surface area contributed by atoms with E-state index in [9.17, 15) is 44.7 Å². The lowest BCUT2D eigenvalue weighted by Crippen LogP contribution is -2.61. The van der Waals surface area contributed by atoms with Gasteiger partial charge in [-0.25, -0.2) is 4.79 Å². The smallest absolute Gasteiger partial charge is 0.335 e. The number of hydrogen-bond donors (Lipinski definition) is 6. The molecule has 1 fully saturated rings. The van der Waals surface area contributed by atoms with Crippen molar-refractivity contribution in [3.8, 4) is 0 Å². The van der Waals surface area contributed by atoms with E-state index in [1.807, 2.05) is 0 Å². The third-order valence-corrected chi connectivity index (χ3v) is 6.83. The number of aryl methyl sites for hydroxylation is 1. The number of hydrogen-bond acceptors (Lipinski definition) is 10. The van der Waals surface area contributed by atoms with Crippen LogP contribution in [0.5, 0.6) is 0 Å². The second-order valence-electron chi connectivity index (χ2n) is 9.57. The highest BCUT2D eigenvalue weighted by Crippen LogP contribution is 2.28. The van der Waals surface area contributed by atoms with Crippen LogP contribution in [0.2, 0.25) is 0 Å². The van der Waals surface area contributed by atoms with E-state index in [2.05, 4.69) is 5.32 Å². The molecule has 13 nitrogen and oxygen atoms in total. The number of ether oxygens (including phenoxy) is 2. The maximum atomic E-state index is 13.8. The Hall–Kier alpha value is -3.88. The van der Waals surface area contributed by atoms with Gasteiger partial charge in [0.25, 0.3) is 0 Å². The van der Waals surface area contributed by atoms with Crippen molar-refractivity contribution in [2.75, 3.05) is 11.4 Å². The van der Waals surface area contributed by atoms with Gasteiger partial charge in [-0.1, -0.05) is 48.4 Å². The number of nitrogens with one attached hydrogen (secondary N) is 1. The first-order valence-electron chi connectivity index (χ1n) is 15.2. The van der Waals surface area contributed by atoms with Crippen LogP contribution in [0.1, 0.15) is 30.8 Å². The van der Waals surface area contributed by atoms with Gasteiger partial charge in [-0.15, -0.1) is 0 Å². The fraction of sp³-hybridized carbons (Fsp3) is 0.429. The molecule has 0 radical (unpaired) electrons. The fourth-order valence-electron chi connectivity index (χ4n) is 4.69. The van der Waals surface area contributed by atoms with Crippen molar-refractivity contribution in [3.05, 3.63) is 65.6 Å². The lowest BCUT2D eigenvalue weighted by molar-refractivity contribution is -0.285. The molecule has 2 aromatic rings. The number of nitrogens with zero attached hydrogens (tertiary/aromatic N) is 1. The number of carbonyl (C=O) groups excluding carboxylic acids is 2. The third-order valence-electron chi connectivity index (χ3n) is 6.83. The summed E-state index contributed by atoms with van der Waals surface area (Å²) in [6.07, 6.45) is -10.2. The van der Waals surface area contributed by atoms with Gasteiger partial charge in [-0.3, -0.25) is 24.6 Å². The minimum absolute atomic E-state index is 0.0853. The lowest BCUT2D eigenvalue weighted by Gasteiger charge is -2.38. The lowest BCUT2D eigenvalue weighted by atomic mass is 9.99. The zero-order valence-corrected chi connectivity index (χ0v) is 21.5. The quantitative estimate of drug-likeness (QED) is 0.197. The standard InChI is InChI=1S/C28H32N2O11/c31-20(40-28-23(34)21(32)22(33)24(41-28)27(38)39)14-30-19-9-5-4-8-16(19)11-13-17(25(30)35)29-18(26(36)37)12-10-15-6-2-1-3-7-15/h1-9,17-18,21-24,28-29,32-34H,10-14H2,(H,36,37)(H,38,39)/t17-,18+,21-,22-,23+,24-,28+/m0/s1/i1D,2D,3D,6D,7D. The Morgan fingerprint density at radius 3 is 2.46 bits per heavy atom. The first kappa shape index (κ1) is 23.8. The van der Waals surface area contributed by atoms with Crippen molar-refractivity contribution in [3.63, 3.8) is 0 Å². The van der Waals surface area contributed by atoms with E-state index in [4.69, 9.17) is 16.3 Å². The van der Waals surface area contributed by atoms with Gasteiger partial charge in [0.1, 0.15) is 30.9 Å². The third kappa shape index (κ3) is 7.07. The molecule has 0 unspecified atom stereocenters. The maximum Gasteiger partial charge on any atom is 0.335 e. The van der Waals surface area contributed by atoms with Crippen LogP contribution in [0.15, 0.2) is 54.5 Å². The summed E-state index contributed by atoms with van der Waals surface area (Å²) in [6, 6.07) is 1.29. The van der Waals surface area contributed by atoms with Crippen LogP contribution >= 0.6 is 0 Å². The number of esters is 1. The SMILES string of the molecule is [2H]c1c([2H])c([2H])c(CC[C@@H](N[C@H]2CCc3ccccc3N(CC(=O)O[C@@H]3O[C@H](C(=O)O)[C@@H](O)[C@H](O)[C@H]3O)C2=O)C(=O)O)c([2H])c1[2H]. The summed E-state index contributed by atoms with van der Waals surface area (Å²) in [5.41, 5.74) is 0.832. The van der Waals surface area contributed by atoms with Gasteiger partial charge in [-0.2, -0.15) is 0 Å². The zero-order valence-electron chi connectivity index (χ0n) is 26.5. The van der Waals surface area contributed by atoms with Gasteiger partial charge in [0.2, 0.25) is 12.2 Å². The van der Waals surface area contributed by atoms with E-state index in [-0.39, 0.29) is 31.2 Å². The largest absolute Gasteiger partial charge is 0.480 e. The van der Waals surface area contributed by atoms with Crippen LogP contribution in [0, 0.1) is 0 Å². The molecule has 1 amide bonds. The van der Waals surface area contributed by atoms with Gasteiger partial charge < -0.3 is 35.0 Å². The highest BCUT2D eigenvalue weighted by molar-refractivity contribution is 6.02. The molecule has 2 heterocycles. The van der Waals surface area contributed by atoms with Crippen LogP contribution in [-0.4, -0.2) is 98.7 Å². The van der Waals surface area contributed by atoms with Crippen LogP contribution in [0.25, 0.3) is 0 Å². The summed E-state index contributed by atoms with van der Waals surface area (Å²) in [7, 11) is 0. The number of benzene rings is 2. The summed E-state index contributed by atoms with van der Waals surface area (Å²) in [6.45, 7) is -0.794. The Morgan fingerprint density at radius 2 is 1.78 bits per heavy atom. The monoisotopic (exact) mass is 577 g/mol. The molecular formula is C28H32N2O11. The Labute approximate surface area is 241 Å². The van der Waals surface area contributed by atoms with Gasteiger partial charge in [0.15, 0.2) is 6.10 Å². The van der Waals surface area contributed by atoms with Gasteiger partial charge in [0, 0.05) is 5.69 Å². The van der Waals surface area contributed by atoms with E-state index in [0.717, 1.165) is 4.90 Å². The number of carbonyl (C=O) groups is 4. The second kappa shape index (κ2) is 13.2. The predicted molar refractivity (Wildman–Crippen MR) is 141 cm³/mol. The molecule has 2 aromatic carbocycles. The molecule has 13 heteroatoms. The number of aliphatic hydroxyl groups is 3. The Balaban J connectivity index is 1.53. The number of aliphatic hydroxyl groups excluding tert-OH is 3. The molecule has 1 saturated heterocycles. The zero-order chi connectivity index (χ0) is 34.0. The van der Waals surface area contributed by atoms with E-state index >= 15 is 0 Å². The minimum Gasteiger partial charge on any atom is -0.480 e. The number of para-hydroxylation sites is 1. The summed E-state index contributed by atoms with van der Waals surface area (Å²) >= 11 is 0. The van der Waals surface area contributed by atoms with E-state index < -0.39 is 103 Å². The van der Waals surface area contributed by atoms with Crippen LogP contribution in [0.3, 0.4) is 0 Å². The molecule has 0 bridgehead atoms. The molecule has 4 rings (SSSR count). The first-order valence-corrected chi connectivity index (χ1v) is 12.7. The van der Waals surface area contributed by atoms with Crippen LogP contribution < -0.4 is 10.2 Å². The number of carboxylic acid groups (broad SMARTS) is 2. The van der Waals surface area contributed by atoms with E-state index in [0.29, 0.717) is 11.3 Å². The number of aliphatic carboxylic acids is 2. The summed E-state index contributed by atoms with van der Waals surface area (Å²) < 4.78 is 49.7. The molecule has 41 heavy (non-hydrogen) atoms. The first-order chi connectivity index (χ1) is 21.6. The molecule has 0 spiro atoms. The Morgan fingerprint density at radius 1 is 1.07 bits per heavy atom. The van der Waals surface area contributed by atoms with Crippen LogP contribution in [-0.2, 0) is 41.5 Å². The molecule has 0 aromatic heterocycles. The number of anilines is 1. The molecule has 0 aliphatic carbocycles. The molecule has 6 N–H and O–H groups in total. The van der Waals surface area contributed by atoms with Crippen molar-refractivity contribution in [2.45, 2.75) is 68.5 Å². The molecule has 2 aliphatic heterocycles. The Kier molecular flexibility index (Phi) is 7.65. The molecule has 0 saturated carbocycles. The topological polar surface area (TPSA) is 203 Å². The normalized spacial score (nSPS) is 28.6. The fourth-order valence-corrected chi connectivity index (χ4v) is 4.69. The maximum absolute atomic E-state index is 13.8. The van der Waals surface area contributed by atoms with Crippen molar-refractivity contribution < 1.29 is 61.0 Å². The highest BCUT2D eigenvalue weighted by atomic mass is 16.7. The number of carboxylic acids is 2. The average molecular weight is 578 g/mol. The number of rotatable bonds is 10. The molecule has 7 atom stereocenters. The van der Waals surface area contributed by atoms with Gasteiger partial charge >= 0.3 is 17.9 Å². The Bertz CT molecular complexity index is 1500. The molecule has 220 valence electrons. The highest BCUT2D eigenvalue weighted by Gasteiger charge is 2.49. The molecular weight excluding hydrogens is 540 g/mol. The van der Waals surface area contributed by atoms with Crippen molar-refractivity contribution >= 4 is 29.5 Å². The average Bonchev–Trinajstić information content (AvgIpc) is 3.14. The number of amides is 1. The summed E-state index contributed by atoms with van der Waals surface area (Å²) in [5.74, 6) is -4.98. The second-order valence-corrected chi connectivity index (χ2v) is 9.57. The summed E-state index contributed by atoms with van der Waals surface area (Å²) in [4.78, 5) is 51.4. The van der Waals surface area contributed by atoms with Gasteiger partial charge in [0.05, 0.1) is 12.9 Å². The van der Waals surface area contributed by atoms with Crippen molar-refractivity contribution in [2.24, 2.45) is 0 Å². The van der Waals surface area contributed by atoms with Crippen molar-refractivity contribution in [1.82, 2.24) is 5.32 Å². The molecule has 2 aliphatic rings. The van der Waals surface area contributed by atoms with Crippen molar-refractivity contribution in [1.29, 1.82) is 0 Å². The predicted octanol–water partition coefficient (Wildman–Crippen LogP) is -0.555. The number of fused-ring (bicyclic) bond motifs is 1. The van der Waals surface area contributed by atoms with Gasteiger partial charge in [-0.05, 0) is 42.9 Å². The summed E-state index contributed by atoms with van der Waals surface area (Å²) in [5, 5.41) is 52.1. The minimum atomic E-state index is -2.03.